The minimum absolute atomic E-state index is 0.217. The zero-order valence-corrected chi connectivity index (χ0v) is 12.5. The lowest BCUT2D eigenvalue weighted by Crippen LogP contribution is -2.25. The number of benzene rings is 1. The van der Waals surface area contributed by atoms with Gasteiger partial charge in [0.25, 0.3) is 0 Å². The Morgan fingerprint density at radius 1 is 1.48 bits per heavy atom. The van der Waals surface area contributed by atoms with Crippen molar-refractivity contribution >= 4 is 0 Å². The zero-order valence-electron chi connectivity index (χ0n) is 12.5. The second kappa shape index (κ2) is 5.77. The number of hydrogen-bond acceptors (Lipinski definition) is 4. The van der Waals surface area contributed by atoms with Crippen molar-refractivity contribution in [2.24, 2.45) is 7.05 Å². The van der Waals surface area contributed by atoms with Crippen LogP contribution in [0.1, 0.15) is 35.7 Å². The number of phenolic OH excluding ortho intramolecular Hbond substituents is 1. The normalized spacial score (nSPS) is 17.5. The maximum Gasteiger partial charge on any atom is 0.162 e. The number of aromatic nitrogens is 2. The van der Waals surface area contributed by atoms with Crippen LogP contribution in [0.15, 0.2) is 24.4 Å². The number of aryl methyl sites for hydroxylation is 1. The number of phenols is 1. The molecule has 0 saturated heterocycles. The molecule has 0 amide bonds. The Labute approximate surface area is 124 Å². The molecule has 0 bridgehead atoms. The van der Waals surface area contributed by atoms with Gasteiger partial charge in [0.2, 0.25) is 0 Å². The Bertz CT molecular complexity index is 636. The second-order valence-electron chi connectivity index (χ2n) is 5.46. The molecule has 3 rings (SSSR count). The molecule has 2 N–H and O–H groups in total. The van der Waals surface area contributed by atoms with Crippen molar-refractivity contribution in [1.82, 2.24) is 15.1 Å². The summed E-state index contributed by atoms with van der Waals surface area (Å²) < 4.78 is 7.11. The van der Waals surface area contributed by atoms with E-state index in [-0.39, 0.29) is 5.75 Å². The number of methoxy groups -OCH3 is 1. The summed E-state index contributed by atoms with van der Waals surface area (Å²) in [6, 6.07) is 5.87. The molecule has 5 nitrogen and oxygen atoms in total. The monoisotopic (exact) mass is 287 g/mol. The molecular weight excluding hydrogens is 266 g/mol. The van der Waals surface area contributed by atoms with Crippen molar-refractivity contribution < 1.29 is 9.84 Å². The highest BCUT2D eigenvalue weighted by atomic mass is 16.5. The number of hydrogen-bond donors (Lipinski definition) is 2. The van der Waals surface area contributed by atoms with Gasteiger partial charge in [-0.2, -0.15) is 5.10 Å². The van der Waals surface area contributed by atoms with Crippen molar-refractivity contribution in [3.05, 3.63) is 41.2 Å². The zero-order chi connectivity index (χ0) is 14.8. The van der Waals surface area contributed by atoms with E-state index in [0.29, 0.717) is 18.3 Å². The van der Waals surface area contributed by atoms with E-state index in [1.54, 1.807) is 13.2 Å². The van der Waals surface area contributed by atoms with Crippen LogP contribution in [0.25, 0.3) is 0 Å². The summed E-state index contributed by atoms with van der Waals surface area (Å²) in [6.07, 6.45) is 5.31. The van der Waals surface area contributed by atoms with E-state index in [2.05, 4.69) is 10.4 Å². The standard InChI is InChI=1S/C16H21N3O2/c1-19-14-7-4-6-13(12(14)10-18-19)17-9-11-5-3-8-15(21-2)16(11)20/h3,5,8,10,13,17,20H,4,6-7,9H2,1-2H3. The summed E-state index contributed by atoms with van der Waals surface area (Å²) in [5.74, 6) is 0.731. The molecule has 0 radical (unpaired) electrons. The van der Waals surface area contributed by atoms with E-state index in [1.807, 2.05) is 30.1 Å². The quantitative estimate of drug-likeness (QED) is 0.906. The van der Waals surface area contributed by atoms with Crippen molar-refractivity contribution in [1.29, 1.82) is 0 Å². The molecule has 1 unspecified atom stereocenters. The molecule has 1 atom stereocenters. The van der Waals surface area contributed by atoms with Crippen LogP contribution in [0.4, 0.5) is 0 Å². The van der Waals surface area contributed by atoms with Crippen LogP contribution in [0.5, 0.6) is 11.5 Å². The molecule has 112 valence electrons. The second-order valence-corrected chi connectivity index (χ2v) is 5.46. The molecule has 1 aromatic carbocycles. The first-order valence-electron chi connectivity index (χ1n) is 7.29. The highest BCUT2D eigenvalue weighted by molar-refractivity contribution is 5.45. The van der Waals surface area contributed by atoms with Crippen LogP contribution in [0.2, 0.25) is 0 Å². The Morgan fingerprint density at radius 3 is 3.14 bits per heavy atom. The van der Waals surface area contributed by atoms with Crippen molar-refractivity contribution in [2.45, 2.75) is 31.8 Å². The third-order valence-corrected chi connectivity index (χ3v) is 4.22. The lowest BCUT2D eigenvalue weighted by Gasteiger charge is -2.24. The predicted molar refractivity (Wildman–Crippen MR) is 80.4 cm³/mol. The summed E-state index contributed by atoms with van der Waals surface area (Å²) in [6.45, 7) is 0.613. The van der Waals surface area contributed by atoms with Crippen molar-refractivity contribution in [3.8, 4) is 11.5 Å². The highest BCUT2D eigenvalue weighted by Crippen LogP contribution is 2.32. The van der Waals surface area contributed by atoms with Gasteiger partial charge in [-0.25, -0.2) is 0 Å². The number of nitrogens with one attached hydrogen (secondary N) is 1. The van der Waals surface area contributed by atoms with E-state index < -0.39 is 0 Å². The molecule has 1 aliphatic carbocycles. The molecule has 0 saturated carbocycles. The molecule has 5 heteroatoms. The molecule has 1 aromatic heterocycles. The van der Waals surface area contributed by atoms with Gasteiger partial charge in [-0.05, 0) is 25.3 Å². The number of nitrogens with zero attached hydrogens (tertiary/aromatic N) is 2. The van der Waals surface area contributed by atoms with E-state index in [9.17, 15) is 5.11 Å². The smallest absolute Gasteiger partial charge is 0.162 e. The van der Waals surface area contributed by atoms with Gasteiger partial charge in [-0.3, -0.25) is 4.68 Å². The van der Waals surface area contributed by atoms with Gasteiger partial charge < -0.3 is 15.2 Å². The van der Waals surface area contributed by atoms with Crippen LogP contribution in [-0.4, -0.2) is 22.0 Å². The lowest BCUT2D eigenvalue weighted by atomic mass is 9.93. The van der Waals surface area contributed by atoms with Gasteiger partial charge in [0.15, 0.2) is 11.5 Å². The summed E-state index contributed by atoms with van der Waals surface area (Å²) in [5.41, 5.74) is 3.45. The summed E-state index contributed by atoms with van der Waals surface area (Å²) in [7, 11) is 3.56. The third kappa shape index (κ3) is 2.61. The van der Waals surface area contributed by atoms with Gasteiger partial charge in [-0.15, -0.1) is 0 Å². The molecule has 1 aliphatic rings. The Morgan fingerprint density at radius 2 is 2.33 bits per heavy atom. The summed E-state index contributed by atoms with van der Waals surface area (Å²) >= 11 is 0. The molecule has 2 aromatic rings. The maximum atomic E-state index is 10.1. The predicted octanol–water partition coefficient (Wildman–Crippen LogP) is 2.30. The van der Waals surface area contributed by atoms with E-state index >= 15 is 0 Å². The first kappa shape index (κ1) is 13.9. The van der Waals surface area contributed by atoms with Crippen LogP contribution in [0.3, 0.4) is 0 Å². The molecule has 0 spiro atoms. The largest absolute Gasteiger partial charge is 0.504 e. The lowest BCUT2D eigenvalue weighted by molar-refractivity contribution is 0.367. The third-order valence-electron chi connectivity index (χ3n) is 4.22. The van der Waals surface area contributed by atoms with Gasteiger partial charge >= 0.3 is 0 Å². The fraction of sp³-hybridized carbons (Fsp3) is 0.438. The molecule has 0 aliphatic heterocycles. The minimum Gasteiger partial charge on any atom is -0.504 e. The molecule has 21 heavy (non-hydrogen) atoms. The highest BCUT2D eigenvalue weighted by Gasteiger charge is 2.23. The van der Waals surface area contributed by atoms with Crippen LogP contribution in [0, 0.1) is 0 Å². The fourth-order valence-electron chi connectivity index (χ4n) is 3.03. The van der Waals surface area contributed by atoms with Crippen LogP contribution in [-0.2, 0) is 20.0 Å². The summed E-state index contributed by atoms with van der Waals surface area (Å²) in [5, 5.41) is 18.0. The maximum absolute atomic E-state index is 10.1. The Hall–Kier alpha value is -2.01. The van der Waals surface area contributed by atoms with Gasteiger partial charge in [0.1, 0.15) is 0 Å². The average molecular weight is 287 g/mol. The Balaban J connectivity index is 1.74. The number of aromatic hydroxyl groups is 1. The Kier molecular flexibility index (Phi) is 3.84. The number of ether oxygens (including phenoxy) is 1. The number of fused-ring (bicyclic) bond motifs is 1. The minimum atomic E-state index is 0.217. The SMILES string of the molecule is COc1cccc(CNC2CCCc3c2cnn3C)c1O. The van der Waals surface area contributed by atoms with Crippen LogP contribution >= 0.6 is 0 Å². The number of rotatable bonds is 4. The van der Waals surface area contributed by atoms with E-state index in [4.69, 9.17) is 4.74 Å². The van der Waals surface area contributed by atoms with Crippen molar-refractivity contribution in [3.63, 3.8) is 0 Å². The van der Waals surface area contributed by atoms with E-state index in [1.165, 1.54) is 11.3 Å². The van der Waals surface area contributed by atoms with Gasteiger partial charge in [-0.1, -0.05) is 12.1 Å². The van der Waals surface area contributed by atoms with Gasteiger partial charge in [0.05, 0.1) is 13.3 Å². The first-order valence-corrected chi connectivity index (χ1v) is 7.29. The van der Waals surface area contributed by atoms with E-state index in [0.717, 1.165) is 24.8 Å². The molecule has 1 heterocycles. The van der Waals surface area contributed by atoms with Crippen molar-refractivity contribution in [2.75, 3.05) is 7.11 Å². The number of para-hydroxylation sites is 1. The molecule has 0 fully saturated rings. The van der Waals surface area contributed by atoms with Gasteiger partial charge in [0, 0.05) is 36.5 Å². The average Bonchev–Trinajstić information content (AvgIpc) is 2.88. The topological polar surface area (TPSA) is 59.3 Å². The first-order chi connectivity index (χ1) is 10.2. The van der Waals surface area contributed by atoms with Crippen LogP contribution < -0.4 is 10.1 Å². The molecular formula is C16H21N3O2. The fourth-order valence-corrected chi connectivity index (χ4v) is 3.03. The summed E-state index contributed by atoms with van der Waals surface area (Å²) in [4.78, 5) is 0.